The van der Waals surface area contributed by atoms with E-state index in [1.807, 2.05) is 6.07 Å². The molecule has 7 rings (SSSR count). The van der Waals surface area contributed by atoms with Crippen LogP contribution in [0.15, 0.2) is 42.5 Å². The maximum absolute atomic E-state index is 15.7. The Morgan fingerprint density at radius 3 is 2.36 bits per heavy atom. The first kappa shape index (κ1) is 32.0. The van der Waals surface area contributed by atoms with Crippen molar-refractivity contribution in [1.82, 2.24) is 9.80 Å². The summed E-state index contributed by atoms with van der Waals surface area (Å²) in [7, 11) is 2.10. The summed E-state index contributed by atoms with van der Waals surface area (Å²) in [6.07, 6.45) is 1.77. The Kier molecular flexibility index (Phi) is 8.27. The molecule has 2 bridgehead atoms. The van der Waals surface area contributed by atoms with Crippen molar-refractivity contribution in [2.24, 2.45) is 0 Å². The predicted molar refractivity (Wildman–Crippen MR) is 180 cm³/mol. The molecule has 4 heterocycles. The zero-order valence-electron chi connectivity index (χ0n) is 26.6. The number of piperazine rings is 1. The number of fused-ring (bicyclic) bond motifs is 3. The summed E-state index contributed by atoms with van der Waals surface area (Å²) in [5.74, 6) is -1.78. The number of hydrogen-bond acceptors (Lipinski definition) is 7. The fraction of sp³-hybridized carbons (Fsp3) is 0.429. The molecule has 47 heavy (non-hydrogen) atoms. The third kappa shape index (κ3) is 5.69. The van der Waals surface area contributed by atoms with Crippen molar-refractivity contribution in [1.29, 1.82) is 0 Å². The standard InChI is InChI=1S/C35H37Cl2FN4O5/c1-35(2)18-39(3)9-10-41(35)23-11-27(36)31(28(37)12-23)33(43)40-15-20-5-4-6-24(32(20)47-19-40)25-14-30(26(34(44)45)13-29(25)38)42-21-7-8-22(42)17-46-16-21/h4-6,11-14,21-22H,7-10,15-19H2,1-3H3,(H,44,45). The number of rotatable bonds is 5. The number of likely N-dealkylation sites (N-methyl/N-ethyl adjacent to an activating group) is 1. The van der Waals surface area contributed by atoms with Gasteiger partial charge in [0.15, 0.2) is 6.73 Å². The van der Waals surface area contributed by atoms with Crippen molar-refractivity contribution < 1.29 is 28.6 Å². The zero-order valence-corrected chi connectivity index (χ0v) is 28.1. The molecule has 3 saturated heterocycles. The van der Waals surface area contributed by atoms with E-state index < -0.39 is 11.8 Å². The van der Waals surface area contributed by atoms with Gasteiger partial charge in [0.25, 0.3) is 5.91 Å². The number of nitrogens with zero attached hydrogens (tertiary/aromatic N) is 4. The minimum absolute atomic E-state index is 0.0337. The van der Waals surface area contributed by atoms with E-state index in [9.17, 15) is 14.7 Å². The average Bonchev–Trinajstić information content (AvgIpc) is 3.26. The Bertz CT molecular complexity index is 1730. The smallest absolute Gasteiger partial charge is 0.337 e. The lowest BCUT2D eigenvalue weighted by molar-refractivity contribution is 0.0516. The van der Waals surface area contributed by atoms with Crippen LogP contribution in [0.5, 0.6) is 5.75 Å². The molecule has 248 valence electrons. The van der Waals surface area contributed by atoms with Crippen LogP contribution in [0, 0.1) is 5.82 Å². The molecule has 3 aromatic carbocycles. The maximum Gasteiger partial charge on any atom is 0.337 e. The number of halogens is 3. The molecule has 0 saturated carbocycles. The van der Waals surface area contributed by atoms with Gasteiger partial charge in [-0.1, -0.05) is 41.4 Å². The Labute approximate surface area is 283 Å². The van der Waals surface area contributed by atoms with E-state index in [-0.39, 0.29) is 63.5 Å². The lowest BCUT2D eigenvalue weighted by Gasteiger charge is -2.47. The molecular formula is C35H37Cl2FN4O5. The number of hydrogen-bond donors (Lipinski definition) is 1. The van der Waals surface area contributed by atoms with Crippen LogP contribution in [-0.2, 0) is 11.3 Å². The summed E-state index contributed by atoms with van der Waals surface area (Å²) in [5.41, 5.74) is 2.71. The van der Waals surface area contributed by atoms with Crippen LogP contribution in [0.25, 0.3) is 11.1 Å². The van der Waals surface area contributed by atoms with Gasteiger partial charge in [0.2, 0.25) is 0 Å². The van der Waals surface area contributed by atoms with E-state index >= 15 is 4.39 Å². The zero-order chi connectivity index (χ0) is 33.2. The molecule has 1 N–H and O–H groups in total. The molecule has 0 aromatic heterocycles. The van der Waals surface area contributed by atoms with Crippen molar-refractivity contribution in [3.63, 3.8) is 0 Å². The number of morpholine rings is 1. The number of carbonyl (C=O) groups is 2. The monoisotopic (exact) mass is 682 g/mol. The van der Waals surface area contributed by atoms with Crippen LogP contribution < -0.4 is 14.5 Å². The van der Waals surface area contributed by atoms with Crippen LogP contribution in [0.3, 0.4) is 0 Å². The lowest BCUT2D eigenvalue weighted by Crippen LogP contribution is -2.58. The number of carboxylic acids is 1. The van der Waals surface area contributed by atoms with E-state index in [1.54, 1.807) is 30.3 Å². The second kappa shape index (κ2) is 12.1. The van der Waals surface area contributed by atoms with Gasteiger partial charge >= 0.3 is 5.97 Å². The van der Waals surface area contributed by atoms with Crippen LogP contribution in [-0.4, -0.2) is 91.0 Å². The number of benzene rings is 3. The van der Waals surface area contributed by atoms with Crippen molar-refractivity contribution in [3.8, 4) is 16.9 Å². The minimum atomic E-state index is -1.19. The van der Waals surface area contributed by atoms with Gasteiger partial charge in [-0.15, -0.1) is 0 Å². The number of carbonyl (C=O) groups excluding carboxylic acids is 1. The van der Waals surface area contributed by atoms with E-state index in [1.165, 1.54) is 4.90 Å². The third-order valence-electron chi connectivity index (χ3n) is 9.88. The lowest BCUT2D eigenvalue weighted by atomic mass is 9.96. The molecule has 4 aliphatic rings. The van der Waals surface area contributed by atoms with Crippen LogP contribution in [0.2, 0.25) is 10.0 Å². The molecule has 3 aromatic rings. The molecule has 1 amide bonds. The fourth-order valence-corrected chi connectivity index (χ4v) is 8.38. The molecule has 12 heteroatoms. The van der Waals surface area contributed by atoms with E-state index in [2.05, 4.69) is 35.6 Å². The van der Waals surface area contributed by atoms with Gasteiger partial charge in [-0.05, 0) is 58.0 Å². The highest BCUT2D eigenvalue weighted by Gasteiger charge is 2.40. The van der Waals surface area contributed by atoms with E-state index in [4.69, 9.17) is 32.7 Å². The highest BCUT2D eigenvalue weighted by atomic mass is 35.5. The van der Waals surface area contributed by atoms with Crippen LogP contribution >= 0.6 is 23.2 Å². The van der Waals surface area contributed by atoms with Crippen molar-refractivity contribution in [2.75, 3.05) is 56.4 Å². The van der Waals surface area contributed by atoms with Crippen molar-refractivity contribution >= 4 is 46.5 Å². The highest BCUT2D eigenvalue weighted by molar-refractivity contribution is 6.40. The molecule has 9 nitrogen and oxygen atoms in total. The van der Waals surface area contributed by atoms with Gasteiger partial charge < -0.3 is 34.2 Å². The minimum Gasteiger partial charge on any atom is -0.478 e. The molecule has 2 atom stereocenters. The highest BCUT2D eigenvalue weighted by Crippen LogP contribution is 2.43. The Morgan fingerprint density at radius 1 is 1.00 bits per heavy atom. The van der Waals surface area contributed by atoms with Gasteiger partial charge in [0.05, 0.1) is 58.7 Å². The first-order valence-corrected chi connectivity index (χ1v) is 16.6. The van der Waals surface area contributed by atoms with Gasteiger partial charge in [-0.3, -0.25) is 4.79 Å². The number of carboxylic acid groups (broad SMARTS) is 1. The summed E-state index contributed by atoms with van der Waals surface area (Å²) in [6.45, 7) is 8.00. The van der Waals surface area contributed by atoms with Crippen LogP contribution in [0.1, 0.15) is 53.0 Å². The largest absolute Gasteiger partial charge is 0.478 e. The topological polar surface area (TPSA) is 85.8 Å². The molecule has 0 spiro atoms. The van der Waals surface area contributed by atoms with Gasteiger partial charge in [-0.25, -0.2) is 9.18 Å². The summed E-state index contributed by atoms with van der Waals surface area (Å²) < 4.78 is 27.6. The van der Waals surface area contributed by atoms with Gasteiger partial charge in [0.1, 0.15) is 11.6 Å². The normalized spacial score (nSPS) is 22.2. The Morgan fingerprint density at radius 2 is 1.70 bits per heavy atom. The average molecular weight is 684 g/mol. The summed E-state index contributed by atoms with van der Waals surface area (Å²) in [4.78, 5) is 34.2. The molecule has 3 fully saturated rings. The molecule has 2 unspecified atom stereocenters. The van der Waals surface area contributed by atoms with Crippen LogP contribution in [0.4, 0.5) is 15.8 Å². The summed E-state index contributed by atoms with van der Waals surface area (Å²) >= 11 is 13.5. The molecule has 0 aliphatic carbocycles. The Balaban J connectivity index is 1.18. The number of aromatic carboxylic acids is 1. The second-order valence-electron chi connectivity index (χ2n) is 13.5. The number of amides is 1. The first-order chi connectivity index (χ1) is 22.4. The number of anilines is 2. The van der Waals surface area contributed by atoms with E-state index in [0.29, 0.717) is 35.8 Å². The maximum atomic E-state index is 15.7. The van der Waals surface area contributed by atoms with Gasteiger partial charge in [0, 0.05) is 47.6 Å². The van der Waals surface area contributed by atoms with Crippen molar-refractivity contribution in [3.05, 3.63) is 75.0 Å². The molecular weight excluding hydrogens is 646 g/mol. The molecule has 4 aliphatic heterocycles. The Hall–Kier alpha value is -3.57. The number of ether oxygens (including phenoxy) is 2. The third-order valence-corrected chi connectivity index (χ3v) is 10.5. The molecule has 0 radical (unpaired) electrons. The number of para-hydroxylation sites is 1. The second-order valence-corrected chi connectivity index (χ2v) is 14.4. The fourth-order valence-electron chi connectivity index (χ4n) is 7.75. The summed E-state index contributed by atoms with van der Waals surface area (Å²) in [6, 6.07) is 11.7. The quantitative estimate of drug-likeness (QED) is 0.332. The van der Waals surface area contributed by atoms with Gasteiger partial charge in [-0.2, -0.15) is 0 Å². The predicted octanol–water partition coefficient (Wildman–Crippen LogP) is 6.39. The van der Waals surface area contributed by atoms with E-state index in [0.717, 1.165) is 44.2 Å². The van der Waals surface area contributed by atoms with Crippen molar-refractivity contribution in [2.45, 2.75) is 50.9 Å². The SMILES string of the molecule is CN1CCN(c2cc(Cl)c(C(=O)N3COc4c(cccc4-c4cc(N5C6CCC5COC6)c(C(=O)O)cc4F)C3)c(Cl)c2)C(C)(C)C1. The summed E-state index contributed by atoms with van der Waals surface area (Å²) in [5, 5.41) is 10.5. The first-order valence-electron chi connectivity index (χ1n) is 15.9.